The van der Waals surface area contributed by atoms with Gasteiger partial charge in [-0.15, -0.1) is 11.3 Å². The number of ether oxygens (including phenoxy) is 2. The zero-order valence-electron chi connectivity index (χ0n) is 13.2. The van der Waals surface area contributed by atoms with Crippen molar-refractivity contribution in [2.24, 2.45) is 11.3 Å². The third-order valence-electron chi connectivity index (χ3n) is 3.15. The molecule has 0 saturated heterocycles. The minimum Gasteiger partial charge on any atom is -0.465 e. The molecule has 0 radical (unpaired) electrons. The predicted molar refractivity (Wildman–Crippen MR) is 83.2 cm³/mol. The maximum absolute atomic E-state index is 12.5. The standard InChI is InChI=1S/C16H24O4S/c1-5-19-14(17)16(10-12(3)4,15(18)20-6-2)11-13-8-7-9-21-13/h7-9,12H,5-6,10-11H2,1-4H3. The average Bonchev–Trinajstić information content (AvgIpc) is 2.90. The first-order valence-electron chi connectivity index (χ1n) is 7.33. The molecule has 5 heteroatoms. The predicted octanol–water partition coefficient (Wildman–Crippen LogP) is 3.45. The molecule has 1 aromatic heterocycles. The lowest BCUT2D eigenvalue weighted by atomic mass is 9.76. The molecule has 1 rings (SSSR count). The molecule has 0 aliphatic rings. The number of hydrogen-bond donors (Lipinski definition) is 0. The van der Waals surface area contributed by atoms with E-state index in [2.05, 4.69) is 0 Å². The Morgan fingerprint density at radius 1 is 1.19 bits per heavy atom. The van der Waals surface area contributed by atoms with Crippen LogP contribution in [0.3, 0.4) is 0 Å². The van der Waals surface area contributed by atoms with Crippen LogP contribution in [0.1, 0.15) is 39.0 Å². The van der Waals surface area contributed by atoms with Gasteiger partial charge in [0.05, 0.1) is 13.2 Å². The molecule has 0 fully saturated rings. The molecule has 21 heavy (non-hydrogen) atoms. The van der Waals surface area contributed by atoms with E-state index < -0.39 is 17.4 Å². The van der Waals surface area contributed by atoms with Crippen molar-refractivity contribution in [1.29, 1.82) is 0 Å². The van der Waals surface area contributed by atoms with Gasteiger partial charge >= 0.3 is 11.9 Å². The Morgan fingerprint density at radius 2 is 1.76 bits per heavy atom. The summed E-state index contributed by atoms with van der Waals surface area (Å²) >= 11 is 1.53. The molecule has 1 aromatic rings. The van der Waals surface area contributed by atoms with Crippen molar-refractivity contribution in [1.82, 2.24) is 0 Å². The first-order valence-corrected chi connectivity index (χ1v) is 8.21. The SMILES string of the molecule is CCOC(=O)C(Cc1cccs1)(CC(C)C)C(=O)OCC. The molecule has 0 N–H and O–H groups in total. The number of carbonyl (C=O) groups excluding carboxylic acids is 2. The fraction of sp³-hybridized carbons (Fsp3) is 0.625. The van der Waals surface area contributed by atoms with Gasteiger partial charge < -0.3 is 9.47 Å². The second kappa shape index (κ2) is 8.17. The van der Waals surface area contributed by atoms with E-state index in [1.165, 1.54) is 11.3 Å². The average molecular weight is 312 g/mol. The number of hydrogen-bond acceptors (Lipinski definition) is 5. The third-order valence-corrected chi connectivity index (χ3v) is 4.02. The summed E-state index contributed by atoms with van der Waals surface area (Å²) in [5.41, 5.74) is -1.24. The van der Waals surface area contributed by atoms with Crippen LogP contribution in [-0.2, 0) is 25.5 Å². The van der Waals surface area contributed by atoms with Crippen LogP contribution in [0.4, 0.5) is 0 Å². The molecule has 4 nitrogen and oxygen atoms in total. The molecule has 0 spiro atoms. The number of rotatable bonds is 8. The Bertz CT molecular complexity index is 433. The van der Waals surface area contributed by atoms with Crippen molar-refractivity contribution in [3.8, 4) is 0 Å². The molecule has 0 bridgehead atoms. The quantitative estimate of drug-likeness (QED) is 0.545. The van der Waals surface area contributed by atoms with Crippen LogP contribution in [-0.4, -0.2) is 25.2 Å². The lowest BCUT2D eigenvalue weighted by Gasteiger charge is -2.30. The molecule has 0 atom stereocenters. The van der Waals surface area contributed by atoms with Crippen molar-refractivity contribution in [2.75, 3.05) is 13.2 Å². The first-order chi connectivity index (χ1) is 9.96. The van der Waals surface area contributed by atoms with Crippen molar-refractivity contribution in [3.63, 3.8) is 0 Å². The van der Waals surface area contributed by atoms with Crippen LogP contribution in [0.5, 0.6) is 0 Å². The van der Waals surface area contributed by atoms with Crippen molar-refractivity contribution in [2.45, 2.75) is 40.5 Å². The zero-order valence-corrected chi connectivity index (χ0v) is 14.0. The van der Waals surface area contributed by atoms with Gasteiger partial charge in [-0.2, -0.15) is 0 Å². The Balaban J connectivity index is 3.18. The summed E-state index contributed by atoms with van der Waals surface area (Å²) in [6.45, 7) is 7.97. The van der Waals surface area contributed by atoms with E-state index in [4.69, 9.17) is 9.47 Å². The summed E-state index contributed by atoms with van der Waals surface area (Å²) in [5.74, 6) is -0.783. The molecule has 0 aliphatic heterocycles. The zero-order chi connectivity index (χ0) is 15.9. The van der Waals surface area contributed by atoms with Gasteiger partial charge in [-0.05, 0) is 37.6 Å². The van der Waals surface area contributed by atoms with E-state index in [-0.39, 0.29) is 19.1 Å². The minimum atomic E-state index is -1.24. The van der Waals surface area contributed by atoms with E-state index in [9.17, 15) is 9.59 Å². The maximum atomic E-state index is 12.5. The van der Waals surface area contributed by atoms with E-state index >= 15 is 0 Å². The third kappa shape index (κ3) is 4.56. The molecular weight excluding hydrogens is 288 g/mol. The highest BCUT2D eigenvalue weighted by molar-refractivity contribution is 7.09. The Kier molecular flexibility index (Phi) is 6.89. The fourth-order valence-electron chi connectivity index (χ4n) is 2.41. The second-order valence-electron chi connectivity index (χ2n) is 5.38. The molecule has 0 amide bonds. The minimum absolute atomic E-state index is 0.179. The maximum Gasteiger partial charge on any atom is 0.323 e. The highest BCUT2D eigenvalue weighted by Gasteiger charge is 2.49. The van der Waals surface area contributed by atoms with E-state index in [0.717, 1.165) is 4.88 Å². The van der Waals surface area contributed by atoms with Crippen LogP contribution in [0.2, 0.25) is 0 Å². The Labute approximate surface area is 130 Å². The van der Waals surface area contributed by atoms with Gasteiger partial charge in [0.1, 0.15) is 0 Å². The molecule has 118 valence electrons. The summed E-state index contributed by atoms with van der Waals surface area (Å²) in [4.78, 5) is 26.0. The molecule has 0 aliphatic carbocycles. The highest BCUT2D eigenvalue weighted by Crippen LogP contribution is 2.35. The molecule has 0 saturated carbocycles. The lowest BCUT2D eigenvalue weighted by molar-refractivity contribution is -0.173. The van der Waals surface area contributed by atoms with Gasteiger partial charge in [-0.25, -0.2) is 0 Å². The fourth-order valence-corrected chi connectivity index (χ4v) is 3.23. The van der Waals surface area contributed by atoms with Gasteiger partial charge in [0.2, 0.25) is 0 Å². The smallest absolute Gasteiger partial charge is 0.323 e. The van der Waals surface area contributed by atoms with Gasteiger partial charge in [0.25, 0.3) is 0 Å². The summed E-state index contributed by atoms with van der Waals surface area (Å²) in [7, 11) is 0. The Hall–Kier alpha value is -1.36. The summed E-state index contributed by atoms with van der Waals surface area (Å²) in [5, 5.41) is 1.94. The first kappa shape index (κ1) is 17.7. The van der Waals surface area contributed by atoms with E-state index in [1.807, 2.05) is 31.4 Å². The van der Waals surface area contributed by atoms with Gasteiger partial charge in [-0.3, -0.25) is 9.59 Å². The van der Waals surface area contributed by atoms with Gasteiger partial charge in [0, 0.05) is 11.3 Å². The molecule has 1 heterocycles. The summed E-state index contributed by atoms with van der Waals surface area (Å²) in [6.07, 6.45) is 0.753. The highest BCUT2D eigenvalue weighted by atomic mass is 32.1. The normalized spacial score (nSPS) is 11.5. The number of carbonyl (C=O) groups is 2. The lowest BCUT2D eigenvalue weighted by Crippen LogP contribution is -2.45. The molecular formula is C16H24O4S. The van der Waals surface area contributed by atoms with Crippen LogP contribution in [0.15, 0.2) is 17.5 Å². The van der Waals surface area contributed by atoms with Gasteiger partial charge in [-0.1, -0.05) is 19.9 Å². The summed E-state index contributed by atoms with van der Waals surface area (Å²) in [6, 6.07) is 3.84. The Morgan fingerprint density at radius 3 is 2.14 bits per heavy atom. The van der Waals surface area contributed by atoms with Crippen molar-refractivity contribution >= 4 is 23.3 Å². The number of esters is 2. The second-order valence-corrected chi connectivity index (χ2v) is 6.41. The van der Waals surface area contributed by atoms with Crippen LogP contribution in [0.25, 0.3) is 0 Å². The van der Waals surface area contributed by atoms with E-state index in [0.29, 0.717) is 12.8 Å². The van der Waals surface area contributed by atoms with Crippen molar-refractivity contribution in [3.05, 3.63) is 22.4 Å². The summed E-state index contributed by atoms with van der Waals surface area (Å²) < 4.78 is 10.4. The van der Waals surface area contributed by atoms with Crippen LogP contribution in [0, 0.1) is 11.3 Å². The largest absolute Gasteiger partial charge is 0.465 e. The molecule has 0 unspecified atom stereocenters. The van der Waals surface area contributed by atoms with Crippen LogP contribution < -0.4 is 0 Å². The number of thiophene rings is 1. The molecule has 0 aromatic carbocycles. The van der Waals surface area contributed by atoms with Gasteiger partial charge in [0.15, 0.2) is 5.41 Å². The monoisotopic (exact) mass is 312 g/mol. The topological polar surface area (TPSA) is 52.6 Å². The van der Waals surface area contributed by atoms with Crippen LogP contribution >= 0.6 is 11.3 Å². The van der Waals surface area contributed by atoms with Crippen molar-refractivity contribution < 1.29 is 19.1 Å². The van der Waals surface area contributed by atoms with E-state index in [1.54, 1.807) is 13.8 Å².